The second-order valence-corrected chi connectivity index (χ2v) is 7.69. The Labute approximate surface area is 490 Å². The molecule has 0 saturated heterocycles. The highest BCUT2D eigenvalue weighted by Crippen LogP contribution is 2.49. The first-order valence-corrected chi connectivity index (χ1v) is 16.5. The molecule has 0 aromatic heterocycles. The van der Waals surface area contributed by atoms with Gasteiger partial charge in [0.05, 0.1) is 0 Å². The van der Waals surface area contributed by atoms with Crippen LogP contribution in [0.3, 0.4) is 0 Å². The monoisotopic (exact) mass is 1490 g/mol. The number of alkyl halides is 28. The van der Waals surface area contributed by atoms with Crippen LogP contribution in [0.5, 0.6) is 0 Å². The van der Waals surface area contributed by atoms with Crippen molar-refractivity contribution in [3.05, 3.63) is 0 Å². The first-order chi connectivity index (χ1) is 37.6. The fraction of sp³-hybridized carbons (Fsp3) is 0.886. The van der Waals surface area contributed by atoms with Gasteiger partial charge in [-0.3, -0.25) is 10.5 Å². The molecule has 584 valence electrons. The summed E-state index contributed by atoms with van der Waals surface area (Å²) in [6.45, 7) is -21.2. The summed E-state index contributed by atoms with van der Waals surface area (Å²) in [5.74, 6) is -15.0. The van der Waals surface area contributed by atoms with Crippen LogP contribution in [0.15, 0.2) is 0 Å². The van der Waals surface area contributed by atoms with E-state index < -0.39 is 138 Å². The molecule has 10 N–H and O–H groups in total. The molecule has 0 aliphatic heterocycles. The number of carbonyl (C=O) groups is 4. The van der Waals surface area contributed by atoms with Crippen LogP contribution in [-0.4, -0.2) is 176 Å². The zero-order valence-corrected chi connectivity index (χ0v) is 39.3. The summed E-state index contributed by atoms with van der Waals surface area (Å²) in [4.78, 5) is 50.1. The van der Waals surface area contributed by atoms with Crippen molar-refractivity contribution < 1.29 is 249 Å². The number of carbonyl (C=O) groups excluding carboxylic acids is 2. The van der Waals surface area contributed by atoms with Crippen molar-refractivity contribution in [3.63, 3.8) is 0 Å². The van der Waals surface area contributed by atoms with Crippen molar-refractivity contribution >= 4 is 24.2 Å². The highest BCUT2D eigenvalue weighted by atomic mass is 19.4. The number of aliphatic carboxylic acids is 1. The largest absolute Gasteiger partial charge is 0.520 e. The van der Waals surface area contributed by atoms with E-state index in [-0.39, 0.29) is 71.8 Å². The Morgan fingerprint density at radius 1 is 0.456 bits per heavy atom. The molecular weight excluding hydrogens is 1410 g/mol. The molecule has 0 fully saturated rings. The van der Waals surface area contributed by atoms with Gasteiger partial charge in [-0.1, -0.05) is 70.4 Å². The van der Waals surface area contributed by atoms with E-state index in [1.807, 2.05) is 0 Å². The van der Waals surface area contributed by atoms with Gasteiger partial charge in [-0.2, -0.15) is 86.7 Å². The quantitative estimate of drug-likeness (QED) is 0.0327. The van der Waals surface area contributed by atoms with Crippen molar-refractivity contribution in [2.45, 2.75) is 116 Å². The van der Waals surface area contributed by atoms with Crippen LogP contribution in [0.4, 0.5) is 173 Å². The van der Waals surface area contributed by atoms with E-state index in [0.29, 0.717) is 19.3 Å². The van der Waals surface area contributed by atoms with Gasteiger partial charge in [-0.05, 0) is 40.0 Å². The normalized spacial score (nSPS) is 7.99. The van der Waals surface area contributed by atoms with Gasteiger partial charge >= 0.3 is 42.9 Å². The lowest BCUT2D eigenvalue weighted by molar-refractivity contribution is -0.416. The van der Waals surface area contributed by atoms with Gasteiger partial charge in [-0.25, -0.2) is 85.1 Å². The molecule has 0 aliphatic rings. The number of halogens is 37. The SMILES string of the molecule is C.C.C.C.C.C.C.C.FC(F)F.FCF.FCF.FCF.FCF.FCOF.FCOF.FCOF.FCOF.FCOF.FCOF.NC(F)(F)C(F)(F)C(F)(F)C(O)(F)F.O=C(CF)CCCCCO.O=C(O)CF.O=C(O)F.O=C([O-])F.OF.[NH3+]CF. The van der Waals surface area contributed by atoms with Crippen molar-refractivity contribution in [1.29, 1.82) is 0 Å². The Morgan fingerprint density at radius 3 is 0.667 bits per heavy atom. The number of aliphatic hydroxyl groups is 2. The number of carboxylic acids is 1. The molecule has 0 amide bonds. The van der Waals surface area contributed by atoms with Crippen molar-refractivity contribution in [3.8, 4) is 0 Å². The molecular formula is C35H79F37N2O16. The topological polar surface area (TPSA) is 302 Å². The summed E-state index contributed by atoms with van der Waals surface area (Å²) >= 11 is 0. The van der Waals surface area contributed by atoms with Gasteiger partial charge in [0.1, 0.15) is 6.67 Å². The maximum atomic E-state index is 11.9. The third-order valence-electron chi connectivity index (χ3n) is 2.82. The minimum atomic E-state index is -6.67. The lowest BCUT2D eigenvalue weighted by Crippen LogP contribution is -2.65. The molecule has 18 nitrogen and oxygen atoms in total. The molecule has 0 saturated carbocycles. The van der Waals surface area contributed by atoms with Crippen LogP contribution < -0.4 is 16.6 Å². The summed E-state index contributed by atoms with van der Waals surface area (Å²) < 4.78 is 380. The Balaban J connectivity index is -0.0000000206. The molecule has 0 radical (unpaired) electrons. The number of carboxylic acid groups (broad SMARTS) is 3. The van der Waals surface area contributed by atoms with Gasteiger partial charge in [0.25, 0.3) is 0 Å². The maximum absolute atomic E-state index is 11.9. The van der Waals surface area contributed by atoms with E-state index in [1.54, 1.807) is 0 Å². The predicted molar refractivity (Wildman–Crippen MR) is 242 cm³/mol. The number of Topliss-reactive ketones (excluding diaryl/α,β-unsaturated/α-hetero) is 1. The van der Waals surface area contributed by atoms with Crippen LogP contribution >= 0.6 is 0 Å². The average molecular weight is 1490 g/mol. The second kappa shape index (κ2) is 172. The average Bonchev–Trinajstić information content (AvgIpc) is 3.38. The van der Waals surface area contributed by atoms with E-state index in [4.69, 9.17) is 49.8 Å². The molecule has 55 heteroatoms. The Hall–Kier alpha value is -4.95. The number of aliphatic hydroxyl groups excluding tert-OH is 1. The van der Waals surface area contributed by atoms with Crippen molar-refractivity contribution in [2.75, 3.05) is 95.6 Å². The van der Waals surface area contributed by atoms with E-state index in [9.17, 15) is 164 Å². The van der Waals surface area contributed by atoms with Crippen LogP contribution in [0.25, 0.3) is 0 Å². The molecule has 0 aromatic rings. The number of hydrogen-bond acceptors (Lipinski definition) is 15. The molecule has 0 rings (SSSR count). The van der Waals surface area contributed by atoms with E-state index in [2.05, 4.69) is 41.1 Å². The van der Waals surface area contributed by atoms with Crippen LogP contribution in [-0.2, 0) is 39.2 Å². The maximum Gasteiger partial charge on any atom is 0.492 e. The minimum Gasteiger partial charge on any atom is -0.520 e. The molecule has 90 heavy (non-hydrogen) atoms. The smallest absolute Gasteiger partial charge is 0.492 e. The standard InChI is InChI=1S/C7H13FO2.C4H3F8NO.C2H3FO2.CHF3.6CH2F2O.4CH2F2.CH4FN.2CHFO2.8CH4.FHO/c8-6-7(10)4-2-1-3-5-9;5-1(6,3(9,10)13)2(7,8)4(11,12)14;3-1-2(4)5;2-1(3)4;6*2-1-4-3;5*2-1-3;2*2-1(3)4;;;;;;;;;1-2/h9H,1-6H2;14H,13H2;1H2,(H,4,5);1H;6*1H2;4*1H2;1,3H2;2*(H,3,4);8*1H4;2H. The number of hydrogen-bond donors (Lipinski definition) is 7. The predicted octanol–water partition coefficient (Wildman–Crippen LogP) is 16.1. The van der Waals surface area contributed by atoms with Crippen LogP contribution in [0, 0.1) is 0 Å². The fourth-order valence-electron chi connectivity index (χ4n) is 1.08. The summed E-state index contributed by atoms with van der Waals surface area (Å²) in [6, 6.07) is -5.89. The zero-order chi connectivity index (χ0) is 70.9. The molecule has 0 heterocycles. The number of unbranched alkanes of at least 4 members (excludes halogenated alkanes) is 2. The van der Waals surface area contributed by atoms with E-state index >= 15 is 0 Å². The van der Waals surface area contributed by atoms with Gasteiger partial charge < -0.3 is 36.1 Å². The lowest BCUT2D eigenvalue weighted by Gasteiger charge is -2.32. The second-order valence-electron chi connectivity index (χ2n) is 7.69. The molecule has 0 aliphatic carbocycles. The number of rotatable bonds is 16. The van der Waals surface area contributed by atoms with Crippen LogP contribution in [0.2, 0.25) is 0 Å². The molecule has 0 aromatic carbocycles. The highest BCUT2D eigenvalue weighted by Gasteiger charge is 2.80. The van der Waals surface area contributed by atoms with Gasteiger partial charge in [-0.15, -0.1) is 4.39 Å². The summed E-state index contributed by atoms with van der Waals surface area (Å²) in [5.41, 5.74) is 6.11. The third-order valence-corrected chi connectivity index (χ3v) is 2.82. The summed E-state index contributed by atoms with van der Waals surface area (Å²) in [6.07, 6.45) is -8.69. The number of quaternary nitrogens is 1. The molecule has 0 unspecified atom stereocenters. The first-order valence-electron chi connectivity index (χ1n) is 16.5. The fourth-order valence-corrected chi connectivity index (χ4v) is 1.08. The van der Waals surface area contributed by atoms with Gasteiger partial charge in [0.15, 0.2) is 12.5 Å². The summed E-state index contributed by atoms with van der Waals surface area (Å²) in [5, 5.41) is 43.4. The summed E-state index contributed by atoms with van der Waals surface area (Å²) in [7, 11) is 0. The minimum absolute atomic E-state index is 0. The molecule has 0 spiro atoms. The Morgan fingerprint density at radius 2 is 0.600 bits per heavy atom. The van der Waals surface area contributed by atoms with E-state index in [1.165, 1.54) is 0 Å². The number of ketones is 1. The third kappa shape index (κ3) is 386. The van der Waals surface area contributed by atoms with Crippen molar-refractivity contribution in [1.82, 2.24) is 0 Å². The number of nitrogens with two attached hydrogens (primary N) is 1. The first kappa shape index (κ1) is 172. The Kier molecular flexibility index (Phi) is 329. The molecule has 0 atom stereocenters. The van der Waals surface area contributed by atoms with Gasteiger partial charge in [0, 0.05) is 13.0 Å². The van der Waals surface area contributed by atoms with Crippen molar-refractivity contribution in [2.24, 2.45) is 5.73 Å². The lowest BCUT2D eigenvalue weighted by atomic mass is 10.1. The Bertz CT molecular complexity index is 934. The van der Waals surface area contributed by atoms with Gasteiger partial charge in [0.2, 0.25) is 81.9 Å². The zero-order valence-electron chi connectivity index (χ0n) is 39.3. The van der Waals surface area contributed by atoms with Crippen LogP contribution in [0.1, 0.15) is 85.1 Å². The van der Waals surface area contributed by atoms with E-state index in [0.717, 1.165) is 6.42 Å². The highest BCUT2D eigenvalue weighted by molar-refractivity contribution is 5.79. The molecule has 0 bridgehead atoms.